The monoisotopic (exact) mass is 201 g/mol. The minimum absolute atomic E-state index is 0.818. The molecule has 0 amide bonds. The van der Waals surface area contributed by atoms with Crippen LogP contribution in [0.2, 0.25) is 0 Å². The van der Waals surface area contributed by atoms with E-state index in [0.29, 0.717) is 0 Å². The lowest BCUT2D eigenvalue weighted by Gasteiger charge is -1.99. The van der Waals surface area contributed by atoms with Crippen LogP contribution in [-0.2, 0) is 6.42 Å². The van der Waals surface area contributed by atoms with Gasteiger partial charge in [-0.15, -0.1) is 11.3 Å². The summed E-state index contributed by atoms with van der Waals surface area (Å²) in [5, 5.41) is 12.4. The highest BCUT2D eigenvalue weighted by Crippen LogP contribution is 2.30. The van der Waals surface area contributed by atoms with Crippen molar-refractivity contribution in [3.8, 4) is 6.07 Å². The molecule has 14 heavy (non-hydrogen) atoms. The van der Waals surface area contributed by atoms with Gasteiger partial charge in [-0.25, -0.2) is 0 Å². The smallest absolute Gasteiger partial charge is 0.0998 e. The van der Waals surface area contributed by atoms with Gasteiger partial charge in [-0.3, -0.25) is 0 Å². The molecule has 0 radical (unpaired) electrons. The molecule has 2 rings (SSSR count). The van der Waals surface area contributed by atoms with Crippen LogP contribution in [0.3, 0.4) is 0 Å². The zero-order chi connectivity index (χ0) is 10.1. The van der Waals surface area contributed by atoms with Gasteiger partial charge in [0, 0.05) is 10.1 Å². The van der Waals surface area contributed by atoms with E-state index in [-0.39, 0.29) is 0 Å². The number of hydrogen-bond acceptors (Lipinski definition) is 2. The molecule has 1 aromatic carbocycles. The molecule has 1 heterocycles. The Morgan fingerprint density at radius 2 is 2.21 bits per heavy atom. The Labute approximate surface area is 87.6 Å². The van der Waals surface area contributed by atoms with Crippen molar-refractivity contribution in [2.75, 3.05) is 0 Å². The predicted molar refractivity (Wildman–Crippen MR) is 60.7 cm³/mol. The number of rotatable bonds is 1. The number of hydrogen-bond donors (Lipinski definition) is 0. The maximum atomic E-state index is 9.05. The molecule has 0 aliphatic carbocycles. The number of aryl methyl sites for hydroxylation is 2. The maximum Gasteiger partial charge on any atom is 0.0998 e. The molecule has 0 unspecified atom stereocenters. The number of fused-ring (bicyclic) bond motifs is 1. The van der Waals surface area contributed by atoms with Crippen LogP contribution in [0.5, 0.6) is 0 Å². The van der Waals surface area contributed by atoms with E-state index < -0.39 is 0 Å². The van der Waals surface area contributed by atoms with Crippen molar-refractivity contribution in [3.63, 3.8) is 0 Å². The zero-order valence-electron chi connectivity index (χ0n) is 8.29. The normalized spacial score (nSPS) is 10.4. The molecule has 0 spiro atoms. The zero-order valence-corrected chi connectivity index (χ0v) is 9.11. The van der Waals surface area contributed by atoms with E-state index in [0.717, 1.165) is 17.4 Å². The summed E-state index contributed by atoms with van der Waals surface area (Å²) in [4.78, 5) is 0. The van der Waals surface area contributed by atoms with Crippen molar-refractivity contribution in [2.24, 2.45) is 0 Å². The topological polar surface area (TPSA) is 23.8 Å². The second kappa shape index (κ2) is 3.43. The Morgan fingerprint density at radius 1 is 1.43 bits per heavy atom. The van der Waals surface area contributed by atoms with E-state index in [2.05, 4.69) is 24.4 Å². The molecule has 0 saturated carbocycles. The van der Waals surface area contributed by atoms with Gasteiger partial charge in [0.1, 0.15) is 0 Å². The highest BCUT2D eigenvalue weighted by molar-refractivity contribution is 7.17. The van der Waals surface area contributed by atoms with Crippen molar-refractivity contribution >= 4 is 21.4 Å². The van der Waals surface area contributed by atoms with Crippen molar-refractivity contribution in [2.45, 2.75) is 20.3 Å². The summed E-state index contributed by atoms with van der Waals surface area (Å²) in [6.45, 7) is 4.16. The van der Waals surface area contributed by atoms with Crippen molar-refractivity contribution < 1.29 is 0 Å². The van der Waals surface area contributed by atoms with E-state index in [1.54, 1.807) is 11.3 Å². The van der Waals surface area contributed by atoms with E-state index in [9.17, 15) is 0 Å². The Bertz CT molecular complexity index is 517. The SMILES string of the molecule is CCc1csc2cc(C)cc(C#N)c12. The maximum absolute atomic E-state index is 9.05. The van der Waals surface area contributed by atoms with E-state index in [1.165, 1.54) is 15.8 Å². The number of nitrogens with zero attached hydrogens (tertiary/aromatic N) is 1. The van der Waals surface area contributed by atoms with Gasteiger partial charge in [-0.2, -0.15) is 5.26 Å². The van der Waals surface area contributed by atoms with Crippen LogP contribution in [0.15, 0.2) is 17.5 Å². The Hall–Kier alpha value is -1.33. The van der Waals surface area contributed by atoms with Gasteiger partial charge in [0.05, 0.1) is 11.6 Å². The quantitative estimate of drug-likeness (QED) is 0.691. The molecule has 0 aliphatic rings. The lowest BCUT2D eigenvalue weighted by atomic mass is 10.0. The van der Waals surface area contributed by atoms with Crippen molar-refractivity contribution in [1.82, 2.24) is 0 Å². The number of thiophene rings is 1. The van der Waals surface area contributed by atoms with Gasteiger partial charge in [0.2, 0.25) is 0 Å². The first kappa shape index (κ1) is 9.23. The number of nitriles is 1. The van der Waals surface area contributed by atoms with Crippen LogP contribution >= 0.6 is 11.3 Å². The third-order valence-corrected chi connectivity index (χ3v) is 3.38. The van der Waals surface area contributed by atoms with Crippen molar-refractivity contribution in [1.29, 1.82) is 5.26 Å². The lowest BCUT2D eigenvalue weighted by Crippen LogP contribution is -1.83. The van der Waals surface area contributed by atoms with Crippen LogP contribution in [0.4, 0.5) is 0 Å². The highest BCUT2D eigenvalue weighted by Gasteiger charge is 2.07. The molecule has 0 N–H and O–H groups in total. The summed E-state index contributed by atoms with van der Waals surface area (Å²) in [6, 6.07) is 6.40. The third-order valence-electron chi connectivity index (χ3n) is 2.40. The first-order valence-corrected chi connectivity index (χ1v) is 5.55. The molecular weight excluding hydrogens is 190 g/mol. The molecule has 0 atom stereocenters. The number of benzene rings is 1. The summed E-state index contributed by atoms with van der Waals surface area (Å²) in [5.74, 6) is 0. The fourth-order valence-corrected chi connectivity index (χ4v) is 2.89. The van der Waals surface area contributed by atoms with Gasteiger partial charge in [0.25, 0.3) is 0 Å². The van der Waals surface area contributed by atoms with Crippen LogP contribution in [0, 0.1) is 18.3 Å². The Kier molecular flexibility index (Phi) is 2.26. The second-order valence-corrected chi connectivity index (χ2v) is 4.32. The summed E-state index contributed by atoms with van der Waals surface area (Å²) in [6.07, 6.45) is 0.998. The highest BCUT2D eigenvalue weighted by atomic mass is 32.1. The molecule has 1 aromatic heterocycles. The first-order chi connectivity index (χ1) is 6.76. The summed E-state index contributed by atoms with van der Waals surface area (Å²) < 4.78 is 1.23. The third kappa shape index (κ3) is 1.30. The lowest BCUT2D eigenvalue weighted by molar-refractivity contribution is 1.17. The van der Waals surface area contributed by atoms with Gasteiger partial charge >= 0.3 is 0 Å². The standard InChI is InChI=1S/C12H11NS/c1-3-9-7-14-11-5-8(2)4-10(6-13)12(9)11/h4-5,7H,3H2,1-2H3. The van der Waals surface area contributed by atoms with Gasteiger partial charge < -0.3 is 0 Å². The van der Waals surface area contributed by atoms with E-state index in [1.807, 2.05) is 13.0 Å². The van der Waals surface area contributed by atoms with Crippen LogP contribution in [-0.4, -0.2) is 0 Å². The van der Waals surface area contributed by atoms with Crippen LogP contribution in [0.25, 0.3) is 10.1 Å². The Balaban J connectivity index is 2.87. The largest absolute Gasteiger partial charge is 0.192 e. The molecule has 0 aliphatic heterocycles. The molecule has 0 saturated heterocycles. The minimum atomic E-state index is 0.818. The fraction of sp³-hybridized carbons (Fsp3) is 0.250. The van der Waals surface area contributed by atoms with Gasteiger partial charge in [-0.05, 0) is 42.0 Å². The van der Waals surface area contributed by atoms with Gasteiger partial charge in [-0.1, -0.05) is 6.92 Å². The fourth-order valence-electron chi connectivity index (χ4n) is 1.72. The average molecular weight is 201 g/mol. The molecule has 0 bridgehead atoms. The first-order valence-electron chi connectivity index (χ1n) is 4.67. The van der Waals surface area contributed by atoms with Crippen LogP contribution < -0.4 is 0 Å². The molecule has 2 heteroatoms. The molecular formula is C12H11NS. The minimum Gasteiger partial charge on any atom is -0.192 e. The molecule has 70 valence electrons. The van der Waals surface area contributed by atoms with Crippen LogP contribution in [0.1, 0.15) is 23.6 Å². The van der Waals surface area contributed by atoms with Crippen molar-refractivity contribution in [3.05, 3.63) is 34.2 Å². The summed E-state index contributed by atoms with van der Waals surface area (Å²) in [5.41, 5.74) is 3.28. The van der Waals surface area contributed by atoms with E-state index in [4.69, 9.17) is 5.26 Å². The Morgan fingerprint density at radius 3 is 2.86 bits per heavy atom. The van der Waals surface area contributed by atoms with Gasteiger partial charge in [0.15, 0.2) is 0 Å². The predicted octanol–water partition coefficient (Wildman–Crippen LogP) is 3.64. The summed E-state index contributed by atoms with van der Waals surface area (Å²) >= 11 is 1.73. The molecule has 1 nitrogen and oxygen atoms in total. The average Bonchev–Trinajstić information content (AvgIpc) is 2.59. The summed E-state index contributed by atoms with van der Waals surface area (Å²) in [7, 11) is 0. The molecule has 0 fully saturated rings. The second-order valence-electron chi connectivity index (χ2n) is 3.41. The molecule has 2 aromatic rings. The van der Waals surface area contributed by atoms with E-state index >= 15 is 0 Å².